The predicted octanol–water partition coefficient (Wildman–Crippen LogP) is 2.71. The Labute approximate surface area is 117 Å². The van der Waals surface area contributed by atoms with Crippen LogP contribution in [0.2, 0.25) is 0 Å². The maximum absolute atomic E-state index is 13.5. The van der Waals surface area contributed by atoms with Crippen molar-refractivity contribution >= 4 is 11.6 Å². The van der Waals surface area contributed by atoms with E-state index in [0.717, 1.165) is 6.42 Å². The number of carbonyl (C=O) groups is 1. The van der Waals surface area contributed by atoms with Crippen LogP contribution in [0.3, 0.4) is 0 Å². The zero-order valence-corrected chi connectivity index (χ0v) is 11.1. The van der Waals surface area contributed by atoms with Gasteiger partial charge in [-0.2, -0.15) is 0 Å². The SMILES string of the molecule is CC1CCNC(C(=O)Nc2c(F)c(F)c(F)c(F)c2F)C1. The smallest absolute Gasteiger partial charge is 0.241 e. The van der Waals surface area contributed by atoms with E-state index in [0.29, 0.717) is 13.0 Å². The molecule has 2 atom stereocenters. The Bertz CT molecular complexity index is 549. The van der Waals surface area contributed by atoms with Gasteiger partial charge < -0.3 is 10.6 Å². The van der Waals surface area contributed by atoms with Crippen molar-refractivity contribution in [3.8, 4) is 0 Å². The number of anilines is 1. The van der Waals surface area contributed by atoms with Crippen molar-refractivity contribution in [2.75, 3.05) is 11.9 Å². The minimum absolute atomic E-state index is 0.221. The fourth-order valence-corrected chi connectivity index (χ4v) is 2.23. The monoisotopic (exact) mass is 308 g/mol. The predicted molar refractivity (Wildman–Crippen MR) is 65.1 cm³/mol. The molecule has 0 aromatic heterocycles. The fraction of sp³-hybridized carbons (Fsp3) is 0.462. The third-order valence-corrected chi connectivity index (χ3v) is 3.44. The molecule has 1 aliphatic rings. The molecule has 0 aliphatic carbocycles. The van der Waals surface area contributed by atoms with Gasteiger partial charge in [0.25, 0.3) is 0 Å². The molecule has 1 aliphatic heterocycles. The van der Waals surface area contributed by atoms with Gasteiger partial charge in [0, 0.05) is 0 Å². The molecule has 0 spiro atoms. The summed E-state index contributed by atoms with van der Waals surface area (Å²) in [5.41, 5.74) is -1.32. The van der Waals surface area contributed by atoms with Crippen LogP contribution in [0.15, 0.2) is 0 Å². The van der Waals surface area contributed by atoms with Crippen molar-refractivity contribution in [2.24, 2.45) is 5.92 Å². The van der Waals surface area contributed by atoms with Crippen molar-refractivity contribution in [2.45, 2.75) is 25.8 Å². The van der Waals surface area contributed by atoms with Gasteiger partial charge in [0.15, 0.2) is 23.3 Å². The van der Waals surface area contributed by atoms with E-state index < -0.39 is 46.7 Å². The quantitative estimate of drug-likeness (QED) is 0.501. The topological polar surface area (TPSA) is 41.1 Å². The van der Waals surface area contributed by atoms with Crippen LogP contribution in [0.4, 0.5) is 27.6 Å². The van der Waals surface area contributed by atoms with Gasteiger partial charge in [0.05, 0.1) is 6.04 Å². The summed E-state index contributed by atoms with van der Waals surface area (Å²) in [5.74, 6) is -11.1. The first-order valence-electron chi connectivity index (χ1n) is 6.38. The summed E-state index contributed by atoms with van der Waals surface area (Å²) in [6.45, 7) is 2.44. The molecule has 1 amide bonds. The number of nitrogens with one attached hydrogen (secondary N) is 2. The number of carbonyl (C=O) groups excluding carboxylic acids is 1. The molecule has 1 saturated heterocycles. The van der Waals surface area contributed by atoms with E-state index in [-0.39, 0.29) is 5.92 Å². The maximum atomic E-state index is 13.5. The highest BCUT2D eigenvalue weighted by Gasteiger charge is 2.30. The Morgan fingerprint density at radius 1 is 1.05 bits per heavy atom. The Kier molecular flexibility index (Phi) is 4.46. The molecular weight excluding hydrogens is 295 g/mol. The lowest BCUT2D eigenvalue weighted by Crippen LogP contribution is -2.46. The van der Waals surface area contributed by atoms with Crippen molar-refractivity contribution in [3.63, 3.8) is 0 Å². The first-order valence-corrected chi connectivity index (χ1v) is 6.38. The lowest BCUT2D eigenvalue weighted by molar-refractivity contribution is -0.119. The Balaban J connectivity index is 2.25. The third kappa shape index (κ3) is 2.99. The molecule has 2 unspecified atom stereocenters. The second kappa shape index (κ2) is 5.97. The first kappa shape index (κ1) is 15.7. The summed E-state index contributed by atoms with van der Waals surface area (Å²) in [7, 11) is 0. The number of rotatable bonds is 2. The number of piperidine rings is 1. The van der Waals surface area contributed by atoms with Crippen molar-refractivity contribution < 1.29 is 26.7 Å². The van der Waals surface area contributed by atoms with E-state index in [4.69, 9.17) is 0 Å². The summed E-state index contributed by atoms with van der Waals surface area (Å²) in [5, 5.41) is 4.61. The van der Waals surface area contributed by atoms with Gasteiger partial charge in [-0.25, -0.2) is 22.0 Å². The van der Waals surface area contributed by atoms with Crippen LogP contribution in [0, 0.1) is 35.0 Å². The van der Waals surface area contributed by atoms with E-state index in [9.17, 15) is 26.7 Å². The second-order valence-corrected chi connectivity index (χ2v) is 5.07. The average Bonchev–Trinajstić information content (AvgIpc) is 2.47. The number of halogens is 5. The van der Waals surface area contributed by atoms with Gasteiger partial charge in [-0.3, -0.25) is 4.79 Å². The zero-order chi connectivity index (χ0) is 15.7. The molecule has 1 aromatic rings. The molecule has 0 bridgehead atoms. The third-order valence-electron chi connectivity index (χ3n) is 3.44. The fourth-order valence-electron chi connectivity index (χ4n) is 2.23. The summed E-state index contributed by atoms with van der Waals surface area (Å²) >= 11 is 0. The number of benzene rings is 1. The van der Waals surface area contributed by atoms with E-state index in [1.165, 1.54) is 0 Å². The molecule has 116 valence electrons. The van der Waals surface area contributed by atoms with Crippen LogP contribution in [0.25, 0.3) is 0 Å². The molecule has 21 heavy (non-hydrogen) atoms. The highest BCUT2D eigenvalue weighted by Crippen LogP contribution is 2.27. The van der Waals surface area contributed by atoms with Crippen LogP contribution < -0.4 is 10.6 Å². The largest absolute Gasteiger partial charge is 0.320 e. The maximum Gasteiger partial charge on any atom is 0.241 e. The van der Waals surface area contributed by atoms with Crippen LogP contribution >= 0.6 is 0 Å². The van der Waals surface area contributed by atoms with Crippen LogP contribution in [-0.2, 0) is 4.79 Å². The van der Waals surface area contributed by atoms with Gasteiger partial charge in [-0.1, -0.05) is 6.92 Å². The molecule has 3 nitrogen and oxygen atoms in total. The normalized spacial score (nSPS) is 22.2. The lowest BCUT2D eigenvalue weighted by Gasteiger charge is -2.27. The first-order chi connectivity index (χ1) is 9.82. The van der Waals surface area contributed by atoms with Gasteiger partial charge in [-0.05, 0) is 25.3 Å². The van der Waals surface area contributed by atoms with Crippen LogP contribution in [-0.4, -0.2) is 18.5 Å². The molecule has 2 rings (SSSR count). The standard InChI is InChI=1S/C13H13F5N2O/c1-5-2-3-19-6(4-5)13(21)20-12-10(17)8(15)7(14)9(16)11(12)18/h5-6,19H,2-4H2,1H3,(H,20,21). The Hall–Kier alpha value is -1.70. The lowest BCUT2D eigenvalue weighted by atomic mass is 9.94. The van der Waals surface area contributed by atoms with Crippen LogP contribution in [0.5, 0.6) is 0 Å². The number of amides is 1. The molecule has 2 N–H and O–H groups in total. The van der Waals surface area contributed by atoms with Crippen molar-refractivity contribution in [1.82, 2.24) is 5.32 Å². The molecule has 1 aromatic carbocycles. The minimum atomic E-state index is -2.26. The van der Waals surface area contributed by atoms with E-state index >= 15 is 0 Å². The molecule has 8 heteroatoms. The van der Waals surface area contributed by atoms with Gasteiger partial charge in [0.2, 0.25) is 11.7 Å². The minimum Gasteiger partial charge on any atom is -0.320 e. The molecular formula is C13H13F5N2O. The van der Waals surface area contributed by atoms with E-state index in [1.807, 2.05) is 6.92 Å². The average molecular weight is 308 g/mol. The van der Waals surface area contributed by atoms with E-state index in [1.54, 1.807) is 5.32 Å². The summed E-state index contributed by atoms with van der Waals surface area (Å²) in [6.07, 6.45) is 1.26. The number of hydrogen-bond donors (Lipinski definition) is 2. The van der Waals surface area contributed by atoms with Gasteiger partial charge in [0.1, 0.15) is 5.69 Å². The summed E-state index contributed by atoms with van der Waals surface area (Å²) < 4.78 is 65.8. The molecule has 1 heterocycles. The Morgan fingerprint density at radius 2 is 1.57 bits per heavy atom. The van der Waals surface area contributed by atoms with Crippen molar-refractivity contribution in [1.29, 1.82) is 0 Å². The summed E-state index contributed by atoms with van der Waals surface area (Å²) in [4.78, 5) is 11.9. The van der Waals surface area contributed by atoms with Gasteiger partial charge >= 0.3 is 0 Å². The van der Waals surface area contributed by atoms with Crippen molar-refractivity contribution in [3.05, 3.63) is 29.1 Å². The van der Waals surface area contributed by atoms with Gasteiger partial charge in [-0.15, -0.1) is 0 Å². The Morgan fingerprint density at radius 3 is 2.10 bits per heavy atom. The highest BCUT2D eigenvalue weighted by atomic mass is 19.2. The highest BCUT2D eigenvalue weighted by molar-refractivity contribution is 5.95. The molecule has 1 fully saturated rings. The van der Waals surface area contributed by atoms with E-state index in [2.05, 4.69) is 5.32 Å². The molecule has 0 radical (unpaired) electrons. The van der Waals surface area contributed by atoms with Crippen LogP contribution in [0.1, 0.15) is 19.8 Å². The second-order valence-electron chi connectivity index (χ2n) is 5.07. The zero-order valence-electron chi connectivity index (χ0n) is 11.1. The molecule has 0 saturated carbocycles. The summed E-state index contributed by atoms with van der Waals surface area (Å²) in [6, 6.07) is -0.733. The number of hydrogen-bond acceptors (Lipinski definition) is 2.